The summed E-state index contributed by atoms with van der Waals surface area (Å²) in [7, 11) is 0. The van der Waals surface area contributed by atoms with Crippen LogP contribution in [0.3, 0.4) is 0 Å². The van der Waals surface area contributed by atoms with Crippen LogP contribution in [0, 0.1) is 5.41 Å². The predicted octanol–water partition coefficient (Wildman–Crippen LogP) is 3.23. The molecule has 2 saturated heterocycles. The van der Waals surface area contributed by atoms with E-state index in [-0.39, 0.29) is 28.4 Å². The van der Waals surface area contributed by atoms with Crippen molar-refractivity contribution in [1.29, 1.82) is 0 Å². The molecule has 0 radical (unpaired) electrons. The van der Waals surface area contributed by atoms with Gasteiger partial charge in [0.25, 0.3) is 0 Å². The van der Waals surface area contributed by atoms with Crippen LogP contribution < -0.4 is 4.72 Å². The number of likely N-dealkylation sites (tertiary alicyclic amines) is 1. The van der Waals surface area contributed by atoms with Gasteiger partial charge in [-0.15, -0.1) is 4.72 Å². The first-order valence-electron chi connectivity index (χ1n) is 9.68. The van der Waals surface area contributed by atoms with Crippen molar-refractivity contribution in [2.75, 3.05) is 19.7 Å². The fourth-order valence-corrected chi connectivity index (χ4v) is 4.78. The van der Waals surface area contributed by atoms with Crippen LogP contribution in [0.5, 0.6) is 0 Å². The number of nitrogens with one attached hydrogen (secondary N) is 1. The molecule has 1 N–H and O–H groups in total. The number of carbonyl (C=O) groups excluding carboxylic acids is 1. The molecule has 2 aliphatic rings. The molecule has 0 aromatic heterocycles. The van der Waals surface area contributed by atoms with Crippen molar-refractivity contribution in [2.24, 2.45) is 5.41 Å². The minimum absolute atomic E-state index is 0.0136. The average Bonchev–Trinajstić information content (AvgIpc) is 2.83. The molecule has 7 heteroatoms. The second kappa shape index (κ2) is 7.86. The third kappa shape index (κ3) is 4.86. The lowest BCUT2D eigenvalue weighted by atomic mass is 9.73. The zero-order valence-corrected chi connectivity index (χ0v) is 18.2. The number of ether oxygens (including phenoxy) is 2. The molecule has 2 aliphatic heterocycles. The van der Waals surface area contributed by atoms with Crippen molar-refractivity contribution in [2.45, 2.75) is 90.2 Å². The number of hydrogen-bond donors (Lipinski definition) is 1. The van der Waals surface area contributed by atoms with Gasteiger partial charge in [0.15, 0.2) is 0 Å². The Morgan fingerprint density at radius 3 is 2.38 bits per heavy atom. The van der Waals surface area contributed by atoms with Crippen LogP contribution in [-0.4, -0.2) is 57.7 Å². The van der Waals surface area contributed by atoms with E-state index in [1.807, 2.05) is 41.5 Å². The van der Waals surface area contributed by atoms with Crippen LogP contribution in [0.4, 0.5) is 4.79 Å². The average molecular weight is 389 g/mol. The second-order valence-corrected chi connectivity index (χ2v) is 11.2. The van der Waals surface area contributed by atoms with E-state index in [4.69, 9.17) is 9.47 Å². The Labute approximate surface area is 161 Å². The van der Waals surface area contributed by atoms with Gasteiger partial charge in [0, 0.05) is 29.9 Å². The van der Waals surface area contributed by atoms with Gasteiger partial charge in [-0.2, -0.15) is 0 Å². The van der Waals surface area contributed by atoms with Crippen LogP contribution in [0.2, 0.25) is 0 Å². The molecule has 0 saturated carbocycles. The molecule has 3 atom stereocenters. The number of hydrogen-bond acceptors (Lipinski definition) is 5. The molecule has 2 rings (SSSR count). The number of amides is 1. The van der Waals surface area contributed by atoms with Gasteiger partial charge in [0.1, 0.15) is 10.3 Å². The van der Waals surface area contributed by atoms with Crippen LogP contribution in [0.15, 0.2) is 0 Å². The first-order valence-corrected chi connectivity index (χ1v) is 10.8. The molecule has 1 unspecified atom stereocenters. The highest BCUT2D eigenvalue weighted by Gasteiger charge is 2.53. The Morgan fingerprint density at radius 2 is 1.88 bits per heavy atom. The zero-order valence-electron chi connectivity index (χ0n) is 17.4. The van der Waals surface area contributed by atoms with Crippen molar-refractivity contribution >= 4 is 17.5 Å². The zero-order chi connectivity index (χ0) is 19.8. The first-order chi connectivity index (χ1) is 11.9. The lowest BCUT2D eigenvalue weighted by molar-refractivity contribution is 0.00644. The molecule has 2 fully saturated rings. The smallest absolute Gasteiger partial charge is 0.410 e. The number of carbonyl (C=O) groups is 1. The fraction of sp³-hybridized carbons (Fsp3) is 0.947. The van der Waals surface area contributed by atoms with Crippen LogP contribution in [0.25, 0.3) is 0 Å². The van der Waals surface area contributed by atoms with E-state index in [9.17, 15) is 9.35 Å². The SMILES string of the molecule is CCC(C)(C)[S+]([O-])N[C@@H]1[C@H](C)OCC12CCN(C(=O)OC(C)(C)C)CC2. The molecule has 0 aromatic carbocycles. The summed E-state index contributed by atoms with van der Waals surface area (Å²) in [6, 6.07) is 0.0370. The van der Waals surface area contributed by atoms with E-state index in [1.165, 1.54) is 0 Å². The predicted molar refractivity (Wildman–Crippen MR) is 104 cm³/mol. The largest absolute Gasteiger partial charge is 0.598 e. The van der Waals surface area contributed by atoms with E-state index in [2.05, 4.69) is 11.6 Å². The molecule has 152 valence electrons. The van der Waals surface area contributed by atoms with E-state index < -0.39 is 17.0 Å². The first kappa shape index (κ1) is 21.8. The molecular weight excluding hydrogens is 352 g/mol. The Kier molecular flexibility index (Phi) is 6.59. The van der Waals surface area contributed by atoms with E-state index >= 15 is 0 Å². The molecule has 6 nitrogen and oxygen atoms in total. The standard InChI is InChI=1S/C19H36N2O4S/c1-8-18(6,7)26(23)20-15-14(2)24-13-19(15)9-11-21(12-10-19)16(22)25-17(3,4)5/h14-15,20H,8-13H2,1-7H3/t14-,15+,26?/m0/s1. The third-order valence-corrected chi connectivity index (χ3v) is 7.52. The van der Waals surface area contributed by atoms with E-state index in [1.54, 1.807) is 4.90 Å². The molecule has 1 spiro atoms. The summed E-state index contributed by atoms with van der Waals surface area (Å²) in [5.74, 6) is 0. The molecule has 0 aromatic rings. The summed E-state index contributed by atoms with van der Waals surface area (Å²) >= 11 is -1.13. The minimum atomic E-state index is -1.13. The molecule has 0 bridgehead atoms. The van der Waals surface area contributed by atoms with Gasteiger partial charge in [-0.3, -0.25) is 0 Å². The van der Waals surface area contributed by atoms with Gasteiger partial charge >= 0.3 is 6.09 Å². The van der Waals surface area contributed by atoms with Gasteiger partial charge < -0.3 is 18.9 Å². The second-order valence-electron chi connectivity index (χ2n) is 9.32. The lowest BCUT2D eigenvalue weighted by Crippen LogP contribution is -2.57. The van der Waals surface area contributed by atoms with Gasteiger partial charge in [-0.05, 0) is 60.8 Å². The highest BCUT2D eigenvalue weighted by molar-refractivity contribution is 7.90. The van der Waals surface area contributed by atoms with Crippen LogP contribution in [0.1, 0.15) is 67.7 Å². The maximum Gasteiger partial charge on any atom is 0.410 e. The topological polar surface area (TPSA) is 73.9 Å². The molecule has 0 aliphatic carbocycles. The van der Waals surface area contributed by atoms with Gasteiger partial charge in [0.2, 0.25) is 0 Å². The van der Waals surface area contributed by atoms with E-state index in [0.29, 0.717) is 19.7 Å². The Hall–Kier alpha value is -0.500. The van der Waals surface area contributed by atoms with Crippen molar-refractivity contribution in [1.82, 2.24) is 9.62 Å². The molecular formula is C19H36N2O4S. The third-order valence-electron chi connectivity index (χ3n) is 5.76. The summed E-state index contributed by atoms with van der Waals surface area (Å²) < 4.78 is 27.4. The number of piperidine rings is 1. The summed E-state index contributed by atoms with van der Waals surface area (Å²) in [5.41, 5.74) is -0.554. The summed E-state index contributed by atoms with van der Waals surface area (Å²) in [6.45, 7) is 15.7. The Bertz CT molecular complexity index is 498. The lowest BCUT2D eigenvalue weighted by Gasteiger charge is -2.43. The van der Waals surface area contributed by atoms with Crippen LogP contribution in [-0.2, 0) is 20.8 Å². The quantitative estimate of drug-likeness (QED) is 0.749. The minimum Gasteiger partial charge on any atom is -0.598 e. The Balaban J connectivity index is 2.02. The van der Waals surface area contributed by atoms with E-state index in [0.717, 1.165) is 19.3 Å². The number of rotatable bonds is 4. The van der Waals surface area contributed by atoms with Crippen molar-refractivity contribution in [3.8, 4) is 0 Å². The van der Waals surface area contributed by atoms with Gasteiger partial charge in [-0.1, -0.05) is 6.92 Å². The van der Waals surface area contributed by atoms with Gasteiger partial charge in [0.05, 0.1) is 18.8 Å². The highest BCUT2D eigenvalue weighted by Crippen LogP contribution is 2.43. The summed E-state index contributed by atoms with van der Waals surface area (Å²) in [5, 5.41) is 0. The highest BCUT2D eigenvalue weighted by atomic mass is 32.2. The maximum atomic E-state index is 12.8. The Morgan fingerprint density at radius 1 is 1.31 bits per heavy atom. The van der Waals surface area contributed by atoms with Gasteiger partial charge in [-0.25, -0.2) is 4.79 Å². The summed E-state index contributed by atoms with van der Waals surface area (Å²) in [4.78, 5) is 14.1. The number of nitrogens with zero attached hydrogens (tertiary/aromatic N) is 1. The van der Waals surface area contributed by atoms with Crippen LogP contribution >= 0.6 is 0 Å². The molecule has 26 heavy (non-hydrogen) atoms. The van der Waals surface area contributed by atoms with Crippen molar-refractivity contribution < 1.29 is 18.8 Å². The summed E-state index contributed by atoms with van der Waals surface area (Å²) in [6.07, 6.45) is 2.27. The maximum absolute atomic E-state index is 12.8. The molecule has 2 heterocycles. The normalized spacial score (nSPS) is 27.6. The molecule has 1 amide bonds. The van der Waals surface area contributed by atoms with Crippen molar-refractivity contribution in [3.63, 3.8) is 0 Å². The monoisotopic (exact) mass is 388 g/mol. The fourth-order valence-electron chi connectivity index (χ4n) is 3.52. The van der Waals surface area contributed by atoms with Crippen molar-refractivity contribution in [3.05, 3.63) is 0 Å².